The highest BCUT2D eigenvalue weighted by molar-refractivity contribution is 8.00. The van der Waals surface area contributed by atoms with Gasteiger partial charge in [0.05, 0.1) is 35.0 Å². The van der Waals surface area contributed by atoms with E-state index in [0.29, 0.717) is 22.8 Å². The Morgan fingerprint density at radius 1 is 1.13 bits per heavy atom. The predicted molar refractivity (Wildman–Crippen MR) is 146 cm³/mol. The minimum atomic E-state index is -0.710. The number of anilines is 1. The molecule has 0 aliphatic carbocycles. The van der Waals surface area contributed by atoms with Gasteiger partial charge in [-0.3, -0.25) is 14.5 Å². The summed E-state index contributed by atoms with van der Waals surface area (Å²) in [6, 6.07) is 16.4. The fraction of sp³-hybridized carbons (Fsp3) is 0.276. The maximum absolute atomic E-state index is 15.2. The van der Waals surface area contributed by atoms with E-state index in [1.54, 1.807) is 16.8 Å². The van der Waals surface area contributed by atoms with Gasteiger partial charge in [0.1, 0.15) is 29.8 Å². The fourth-order valence-electron chi connectivity index (χ4n) is 4.55. The first-order valence-electron chi connectivity index (χ1n) is 12.5. The van der Waals surface area contributed by atoms with E-state index in [1.807, 2.05) is 51.1 Å². The Labute approximate surface area is 229 Å². The topological polar surface area (TPSA) is 80.4 Å². The molecule has 39 heavy (non-hydrogen) atoms. The van der Waals surface area contributed by atoms with E-state index in [1.165, 1.54) is 35.1 Å². The lowest BCUT2D eigenvalue weighted by molar-refractivity contribution is -0.123. The highest BCUT2D eigenvalue weighted by atomic mass is 32.2. The van der Waals surface area contributed by atoms with Gasteiger partial charge in [0.15, 0.2) is 0 Å². The van der Waals surface area contributed by atoms with Gasteiger partial charge in [0, 0.05) is 22.8 Å². The Morgan fingerprint density at radius 3 is 2.56 bits per heavy atom. The number of nitrogens with one attached hydrogen (secondary N) is 1. The number of aromatic nitrogens is 2. The SMILES string of the molecule is CC(C)(C)n1nc(-c2ccccc2)c2c1N(CC(=O)NCc1ccco1)C(=O)CS[C@@H]2c1ccc(F)cc1F. The number of hydrogen-bond acceptors (Lipinski definition) is 5. The van der Waals surface area contributed by atoms with Gasteiger partial charge >= 0.3 is 0 Å². The molecule has 2 amide bonds. The lowest BCUT2D eigenvalue weighted by Gasteiger charge is -2.28. The summed E-state index contributed by atoms with van der Waals surface area (Å²) < 4.78 is 36.1. The van der Waals surface area contributed by atoms with E-state index in [9.17, 15) is 14.0 Å². The first-order chi connectivity index (χ1) is 18.6. The van der Waals surface area contributed by atoms with Crippen molar-refractivity contribution in [1.82, 2.24) is 15.1 Å². The average molecular weight is 551 g/mol. The predicted octanol–water partition coefficient (Wildman–Crippen LogP) is 5.66. The molecule has 5 rings (SSSR count). The Hall–Kier alpha value is -3.92. The molecule has 2 aromatic heterocycles. The van der Waals surface area contributed by atoms with Gasteiger partial charge in [-0.25, -0.2) is 13.5 Å². The van der Waals surface area contributed by atoms with Crippen molar-refractivity contribution >= 4 is 29.4 Å². The summed E-state index contributed by atoms with van der Waals surface area (Å²) in [4.78, 5) is 28.1. The van der Waals surface area contributed by atoms with Crippen LogP contribution in [0.4, 0.5) is 14.6 Å². The van der Waals surface area contributed by atoms with Gasteiger partial charge in [0.25, 0.3) is 0 Å². The van der Waals surface area contributed by atoms with Crippen LogP contribution in [0, 0.1) is 11.6 Å². The number of rotatable bonds is 6. The van der Waals surface area contributed by atoms with Crippen molar-refractivity contribution in [3.8, 4) is 11.3 Å². The zero-order valence-corrected chi connectivity index (χ0v) is 22.6. The maximum atomic E-state index is 15.2. The molecule has 1 aliphatic rings. The van der Waals surface area contributed by atoms with Gasteiger partial charge in [-0.1, -0.05) is 36.4 Å². The first-order valence-corrected chi connectivity index (χ1v) is 13.5. The molecule has 0 saturated carbocycles. The molecule has 2 aromatic carbocycles. The number of fused-ring (bicyclic) bond motifs is 1. The molecule has 4 aromatic rings. The molecule has 1 N–H and O–H groups in total. The second-order valence-electron chi connectivity index (χ2n) is 10.2. The molecule has 0 bridgehead atoms. The number of halogens is 2. The standard InChI is InChI=1S/C29H28F2N4O3S/c1-29(2,3)35-28-25(26(33-35)18-8-5-4-6-9-18)27(21-12-11-19(30)14-22(21)31)39-17-24(37)34(28)16-23(36)32-15-20-10-7-13-38-20/h4-14,27H,15-17H2,1-3H3,(H,32,36)/t27-/m1/s1. The van der Waals surface area contributed by atoms with E-state index < -0.39 is 22.4 Å². The van der Waals surface area contributed by atoms with Gasteiger partial charge in [-0.15, -0.1) is 11.8 Å². The van der Waals surface area contributed by atoms with Crippen molar-refractivity contribution in [3.63, 3.8) is 0 Å². The van der Waals surface area contributed by atoms with E-state index in [4.69, 9.17) is 9.52 Å². The van der Waals surface area contributed by atoms with E-state index in [2.05, 4.69) is 5.32 Å². The smallest absolute Gasteiger partial charge is 0.240 e. The Kier molecular flexibility index (Phi) is 7.31. The summed E-state index contributed by atoms with van der Waals surface area (Å²) in [7, 11) is 0. The highest BCUT2D eigenvalue weighted by Gasteiger charge is 2.40. The second kappa shape index (κ2) is 10.7. The molecule has 1 aliphatic heterocycles. The molecule has 0 saturated heterocycles. The van der Waals surface area contributed by atoms with Gasteiger partial charge in [-0.2, -0.15) is 5.10 Å². The van der Waals surface area contributed by atoms with Gasteiger partial charge in [-0.05, 0) is 39.0 Å². The van der Waals surface area contributed by atoms with Crippen LogP contribution in [-0.2, 0) is 21.7 Å². The van der Waals surface area contributed by atoms with Crippen LogP contribution in [0.3, 0.4) is 0 Å². The molecule has 3 heterocycles. The summed E-state index contributed by atoms with van der Waals surface area (Å²) in [6.45, 7) is 5.75. The van der Waals surface area contributed by atoms with Crippen LogP contribution < -0.4 is 10.2 Å². The third kappa shape index (κ3) is 5.47. The molecule has 0 unspecified atom stereocenters. The maximum Gasteiger partial charge on any atom is 0.240 e. The van der Waals surface area contributed by atoms with E-state index >= 15 is 4.39 Å². The minimum absolute atomic E-state index is 0.0139. The number of nitrogens with zero attached hydrogens (tertiary/aromatic N) is 3. The van der Waals surface area contributed by atoms with E-state index in [0.717, 1.165) is 11.6 Å². The highest BCUT2D eigenvalue weighted by Crippen LogP contribution is 2.49. The normalized spacial score (nSPS) is 15.7. The van der Waals surface area contributed by atoms with Crippen molar-refractivity contribution in [2.45, 2.75) is 38.1 Å². The quantitative estimate of drug-likeness (QED) is 0.335. The number of benzene rings is 2. The van der Waals surface area contributed by atoms with Crippen molar-refractivity contribution in [1.29, 1.82) is 0 Å². The fourth-order valence-corrected chi connectivity index (χ4v) is 5.77. The first kappa shape index (κ1) is 26.7. The second-order valence-corrected chi connectivity index (χ2v) is 11.3. The molecule has 0 fully saturated rings. The van der Waals surface area contributed by atoms with Crippen LogP contribution in [0.2, 0.25) is 0 Å². The molecular weight excluding hydrogens is 522 g/mol. The van der Waals surface area contributed by atoms with Gasteiger partial charge < -0.3 is 9.73 Å². The molecule has 202 valence electrons. The lowest BCUT2D eigenvalue weighted by atomic mass is 9.98. The van der Waals surface area contributed by atoms with Crippen LogP contribution >= 0.6 is 11.8 Å². The molecular formula is C29H28F2N4O3S. The zero-order valence-electron chi connectivity index (χ0n) is 21.8. The number of carbonyl (C=O) groups excluding carboxylic acids is 2. The molecule has 1 atom stereocenters. The average Bonchev–Trinajstić information content (AvgIpc) is 3.53. The van der Waals surface area contributed by atoms with Crippen LogP contribution in [0.25, 0.3) is 11.3 Å². The third-order valence-corrected chi connectivity index (χ3v) is 7.59. The number of furan rings is 1. The Bertz CT molecular complexity index is 1500. The number of thioether (sulfide) groups is 1. The summed E-state index contributed by atoms with van der Waals surface area (Å²) in [5.41, 5.74) is 1.58. The monoisotopic (exact) mass is 550 g/mol. The van der Waals surface area contributed by atoms with Crippen LogP contribution in [0.15, 0.2) is 71.3 Å². The van der Waals surface area contributed by atoms with E-state index in [-0.39, 0.29) is 36.2 Å². The Balaban J connectivity index is 1.67. The largest absolute Gasteiger partial charge is 0.467 e. The van der Waals surface area contributed by atoms with Crippen LogP contribution in [0.5, 0.6) is 0 Å². The number of hydrogen-bond donors (Lipinski definition) is 1. The van der Waals surface area contributed by atoms with Crippen molar-refractivity contribution in [2.24, 2.45) is 0 Å². The number of amides is 2. The molecule has 0 spiro atoms. The summed E-state index contributed by atoms with van der Waals surface area (Å²) in [6.07, 6.45) is 1.52. The summed E-state index contributed by atoms with van der Waals surface area (Å²) >= 11 is 1.23. The summed E-state index contributed by atoms with van der Waals surface area (Å²) in [5, 5.41) is 7.06. The molecule has 7 nitrogen and oxygen atoms in total. The van der Waals surface area contributed by atoms with Crippen LogP contribution in [0.1, 0.15) is 42.9 Å². The number of carbonyl (C=O) groups is 2. The van der Waals surface area contributed by atoms with Crippen molar-refractivity contribution in [2.75, 3.05) is 17.2 Å². The van der Waals surface area contributed by atoms with Gasteiger partial charge in [0.2, 0.25) is 11.8 Å². The molecule has 10 heteroatoms. The third-order valence-electron chi connectivity index (χ3n) is 6.36. The van der Waals surface area contributed by atoms with Crippen molar-refractivity contribution in [3.05, 3.63) is 95.4 Å². The minimum Gasteiger partial charge on any atom is -0.467 e. The summed E-state index contributed by atoms with van der Waals surface area (Å²) in [5.74, 6) is -1.11. The lowest BCUT2D eigenvalue weighted by Crippen LogP contribution is -2.43. The van der Waals surface area contributed by atoms with Crippen LogP contribution in [-0.4, -0.2) is 33.9 Å². The zero-order chi connectivity index (χ0) is 27.7. The Morgan fingerprint density at radius 2 is 1.90 bits per heavy atom. The van der Waals surface area contributed by atoms with Crippen molar-refractivity contribution < 1.29 is 22.8 Å². The molecule has 0 radical (unpaired) electrons.